The zero-order chi connectivity index (χ0) is 14.7. The van der Waals surface area contributed by atoms with Crippen molar-refractivity contribution in [3.8, 4) is 0 Å². The van der Waals surface area contributed by atoms with Gasteiger partial charge in [0.1, 0.15) is 0 Å². The number of hydrogen-bond donors (Lipinski definition) is 2. The zero-order valence-electron chi connectivity index (χ0n) is 11.8. The highest BCUT2D eigenvalue weighted by Gasteiger charge is 2.32. The summed E-state index contributed by atoms with van der Waals surface area (Å²) < 4.78 is 0. The molecule has 5 heteroatoms. The van der Waals surface area contributed by atoms with Crippen LogP contribution >= 0.6 is 0 Å². The van der Waals surface area contributed by atoms with Crippen LogP contribution in [-0.2, 0) is 9.59 Å². The van der Waals surface area contributed by atoms with E-state index in [1.54, 1.807) is 11.9 Å². The first-order chi connectivity index (χ1) is 9.47. The van der Waals surface area contributed by atoms with Crippen molar-refractivity contribution in [2.45, 2.75) is 19.4 Å². The number of likely N-dealkylation sites (tertiary alicyclic amines) is 1. The van der Waals surface area contributed by atoms with Crippen molar-refractivity contribution in [1.82, 2.24) is 10.2 Å². The number of carbonyl (C=O) groups excluding carboxylic acids is 2. The third-order valence-corrected chi connectivity index (χ3v) is 3.64. The van der Waals surface area contributed by atoms with Crippen molar-refractivity contribution in [3.63, 3.8) is 0 Å². The highest BCUT2D eigenvalue weighted by atomic mass is 16.3. The number of rotatable bonds is 4. The lowest BCUT2D eigenvalue weighted by Gasteiger charge is -2.15. The lowest BCUT2D eigenvalue weighted by Crippen LogP contribution is -2.34. The predicted octanol–water partition coefficient (Wildman–Crippen LogP) is 0.623. The van der Waals surface area contributed by atoms with E-state index in [1.165, 1.54) is 0 Å². The van der Waals surface area contributed by atoms with Crippen LogP contribution in [0.3, 0.4) is 0 Å². The average molecular weight is 276 g/mol. The topological polar surface area (TPSA) is 69.6 Å². The number of aryl methyl sites for hydroxylation is 1. The van der Waals surface area contributed by atoms with Crippen LogP contribution in [0.4, 0.5) is 0 Å². The Hall–Kier alpha value is -1.88. The molecule has 1 saturated heterocycles. The van der Waals surface area contributed by atoms with E-state index in [-0.39, 0.29) is 30.7 Å². The number of amides is 2. The van der Waals surface area contributed by atoms with Crippen molar-refractivity contribution in [2.75, 3.05) is 20.1 Å². The monoisotopic (exact) mass is 276 g/mol. The van der Waals surface area contributed by atoms with Gasteiger partial charge < -0.3 is 15.3 Å². The van der Waals surface area contributed by atoms with Crippen LogP contribution < -0.4 is 5.32 Å². The van der Waals surface area contributed by atoms with Gasteiger partial charge in [0.25, 0.3) is 0 Å². The first-order valence-corrected chi connectivity index (χ1v) is 6.73. The number of hydrogen-bond acceptors (Lipinski definition) is 3. The molecule has 1 fully saturated rings. The van der Waals surface area contributed by atoms with Crippen molar-refractivity contribution >= 4 is 11.8 Å². The molecule has 0 bridgehead atoms. The van der Waals surface area contributed by atoms with E-state index in [0.29, 0.717) is 6.54 Å². The summed E-state index contributed by atoms with van der Waals surface area (Å²) in [5.41, 5.74) is 1.90. The van der Waals surface area contributed by atoms with Gasteiger partial charge in [0, 0.05) is 26.6 Å². The van der Waals surface area contributed by atoms with Gasteiger partial charge in [0.2, 0.25) is 11.8 Å². The molecule has 5 nitrogen and oxygen atoms in total. The second-order valence-electron chi connectivity index (χ2n) is 5.35. The molecule has 108 valence electrons. The van der Waals surface area contributed by atoms with Gasteiger partial charge in [0.15, 0.2) is 0 Å². The van der Waals surface area contributed by atoms with Gasteiger partial charge in [-0.15, -0.1) is 0 Å². The number of nitrogens with zero attached hydrogens (tertiary/aromatic N) is 1. The SMILES string of the molecule is Cc1ccc(C(O)CNC(=O)C2CC(=O)N(C)C2)cc1. The standard InChI is InChI=1S/C15H20N2O3/c1-10-3-5-11(6-4-10)13(18)8-16-15(20)12-7-14(19)17(2)9-12/h3-6,12-13,18H,7-9H2,1-2H3,(H,16,20). The lowest BCUT2D eigenvalue weighted by molar-refractivity contribution is -0.128. The maximum Gasteiger partial charge on any atom is 0.225 e. The molecule has 20 heavy (non-hydrogen) atoms. The van der Waals surface area contributed by atoms with Crippen LogP contribution in [0.15, 0.2) is 24.3 Å². The smallest absolute Gasteiger partial charge is 0.225 e. The molecule has 2 rings (SSSR count). The van der Waals surface area contributed by atoms with Crippen LogP contribution in [0.5, 0.6) is 0 Å². The van der Waals surface area contributed by atoms with Crippen LogP contribution in [0.1, 0.15) is 23.7 Å². The molecule has 1 aliphatic heterocycles. The highest BCUT2D eigenvalue weighted by Crippen LogP contribution is 2.17. The summed E-state index contributed by atoms with van der Waals surface area (Å²) in [6.07, 6.45) is -0.474. The van der Waals surface area contributed by atoms with E-state index in [1.807, 2.05) is 31.2 Å². The molecule has 1 aromatic carbocycles. The van der Waals surface area contributed by atoms with Crippen LogP contribution in [0.2, 0.25) is 0 Å². The maximum atomic E-state index is 11.9. The molecule has 1 aromatic rings. The van der Waals surface area contributed by atoms with Gasteiger partial charge in [-0.25, -0.2) is 0 Å². The fraction of sp³-hybridized carbons (Fsp3) is 0.467. The molecule has 2 unspecified atom stereocenters. The van der Waals surface area contributed by atoms with Gasteiger partial charge in [-0.05, 0) is 12.5 Å². The van der Waals surface area contributed by atoms with Crippen molar-refractivity contribution < 1.29 is 14.7 Å². The predicted molar refractivity (Wildman–Crippen MR) is 74.9 cm³/mol. The molecule has 1 heterocycles. The minimum atomic E-state index is -0.727. The second-order valence-corrected chi connectivity index (χ2v) is 5.35. The molecule has 0 saturated carbocycles. The minimum Gasteiger partial charge on any atom is -0.387 e. The van der Waals surface area contributed by atoms with Gasteiger partial charge >= 0.3 is 0 Å². The Morgan fingerprint density at radius 2 is 2.10 bits per heavy atom. The Bertz CT molecular complexity index is 498. The molecule has 2 atom stereocenters. The molecule has 1 aliphatic rings. The first kappa shape index (κ1) is 14.5. The summed E-state index contributed by atoms with van der Waals surface area (Å²) >= 11 is 0. The van der Waals surface area contributed by atoms with Gasteiger partial charge in [0.05, 0.1) is 12.0 Å². The van der Waals surface area contributed by atoms with Crippen molar-refractivity contribution in [3.05, 3.63) is 35.4 Å². The summed E-state index contributed by atoms with van der Waals surface area (Å²) in [6, 6.07) is 7.54. The Kier molecular flexibility index (Phi) is 4.39. The fourth-order valence-electron chi connectivity index (χ4n) is 2.29. The zero-order valence-corrected chi connectivity index (χ0v) is 11.8. The number of aliphatic hydroxyl groups excluding tert-OH is 1. The summed E-state index contributed by atoms with van der Waals surface area (Å²) in [7, 11) is 1.69. The molecule has 2 N–H and O–H groups in total. The average Bonchev–Trinajstić information content (AvgIpc) is 2.76. The first-order valence-electron chi connectivity index (χ1n) is 6.73. The molecule has 0 radical (unpaired) electrons. The number of carbonyl (C=O) groups is 2. The van der Waals surface area contributed by atoms with E-state index in [2.05, 4.69) is 5.32 Å². The summed E-state index contributed by atoms with van der Waals surface area (Å²) in [4.78, 5) is 24.9. The third kappa shape index (κ3) is 3.36. The van der Waals surface area contributed by atoms with E-state index < -0.39 is 6.10 Å². The van der Waals surface area contributed by atoms with Crippen LogP contribution in [0.25, 0.3) is 0 Å². The van der Waals surface area contributed by atoms with Gasteiger partial charge in [-0.2, -0.15) is 0 Å². The molecule has 0 aromatic heterocycles. The van der Waals surface area contributed by atoms with Crippen LogP contribution in [0, 0.1) is 12.8 Å². The Labute approximate surface area is 118 Å². The Morgan fingerprint density at radius 1 is 1.45 bits per heavy atom. The Morgan fingerprint density at radius 3 is 2.65 bits per heavy atom. The maximum absolute atomic E-state index is 11.9. The lowest BCUT2D eigenvalue weighted by atomic mass is 10.1. The molecular formula is C15H20N2O3. The third-order valence-electron chi connectivity index (χ3n) is 3.64. The second kappa shape index (κ2) is 6.05. The van der Waals surface area contributed by atoms with Gasteiger partial charge in [-0.3, -0.25) is 9.59 Å². The fourth-order valence-corrected chi connectivity index (χ4v) is 2.29. The Balaban J connectivity index is 1.84. The van der Waals surface area contributed by atoms with E-state index >= 15 is 0 Å². The van der Waals surface area contributed by atoms with Crippen molar-refractivity contribution in [1.29, 1.82) is 0 Å². The van der Waals surface area contributed by atoms with E-state index in [4.69, 9.17) is 0 Å². The summed E-state index contributed by atoms with van der Waals surface area (Å²) in [5.74, 6) is -0.490. The number of benzene rings is 1. The molecule has 2 amide bonds. The largest absolute Gasteiger partial charge is 0.387 e. The number of nitrogens with one attached hydrogen (secondary N) is 1. The minimum absolute atomic E-state index is 0.00997. The molecule has 0 spiro atoms. The quantitative estimate of drug-likeness (QED) is 0.847. The van der Waals surface area contributed by atoms with E-state index in [0.717, 1.165) is 11.1 Å². The van der Waals surface area contributed by atoms with E-state index in [9.17, 15) is 14.7 Å². The van der Waals surface area contributed by atoms with Gasteiger partial charge in [-0.1, -0.05) is 29.8 Å². The number of aliphatic hydroxyl groups is 1. The van der Waals surface area contributed by atoms with Crippen molar-refractivity contribution in [2.24, 2.45) is 5.92 Å². The summed E-state index contributed by atoms with van der Waals surface area (Å²) in [6.45, 7) is 2.59. The van der Waals surface area contributed by atoms with Crippen LogP contribution in [-0.4, -0.2) is 42.0 Å². The summed E-state index contributed by atoms with van der Waals surface area (Å²) in [5, 5.41) is 12.7. The molecule has 0 aliphatic carbocycles. The molecular weight excluding hydrogens is 256 g/mol. The normalized spacial score (nSPS) is 20.1. The highest BCUT2D eigenvalue weighted by molar-refractivity contribution is 5.89.